The number of hydrogen-bond donors (Lipinski definition) is 1. The molecule has 33 heavy (non-hydrogen) atoms. The predicted octanol–water partition coefficient (Wildman–Crippen LogP) is 2.10. The van der Waals surface area contributed by atoms with Gasteiger partial charge < -0.3 is 19.3 Å². The van der Waals surface area contributed by atoms with Crippen LogP contribution in [0.2, 0.25) is 0 Å². The third-order valence-corrected chi connectivity index (χ3v) is 8.69. The van der Waals surface area contributed by atoms with Crippen molar-refractivity contribution in [1.29, 1.82) is 0 Å². The zero-order valence-electron chi connectivity index (χ0n) is 19.7. The van der Waals surface area contributed by atoms with Crippen molar-refractivity contribution in [1.82, 2.24) is 0 Å². The number of aliphatic hydroxyl groups excluding tert-OH is 1. The molecule has 1 saturated heterocycles. The molecular formula is C25H28O8. The molecule has 8 nitrogen and oxygen atoms in total. The van der Waals surface area contributed by atoms with E-state index < -0.39 is 63.3 Å². The smallest absolute Gasteiger partial charge is 0.322 e. The highest BCUT2D eigenvalue weighted by Crippen LogP contribution is 2.77. The third-order valence-electron chi connectivity index (χ3n) is 8.69. The van der Waals surface area contributed by atoms with Crippen molar-refractivity contribution in [2.45, 2.75) is 77.8 Å². The summed E-state index contributed by atoms with van der Waals surface area (Å²) in [6.07, 6.45) is -0.431. The largest absolute Gasteiger partial charge is 0.457 e. The Labute approximate surface area is 191 Å². The van der Waals surface area contributed by atoms with Gasteiger partial charge in [-0.2, -0.15) is 0 Å². The fourth-order valence-corrected chi connectivity index (χ4v) is 7.60. The Bertz CT molecular complexity index is 1160. The number of ketones is 1. The van der Waals surface area contributed by atoms with Crippen molar-refractivity contribution in [2.24, 2.45) is 16.2 Å². The van der Waals surface area contributed by atoms with Gasteiger partial charge in [0.1, 0.15) is 17.1 Å². The fourth-order valence-electron chi connectivity index (χ4n) is 7.60. The maximum absolute atomic E-state index is 14.1. The maximum atomic E-state index is 14.1. The van der Waals surface area contributed by atoms with Crippen LogP contribution in [0, 0.1) is 16.2 Å². The number of esters is 3. The number of carbonyl (C=O) groups excluding carboxylic acids is 4. The van der Waals surface area contributed by atoms with E-state index in [9.17, 15) is 24.3 Å². The van der Waals surface area contributed by atoms with E-state index in [1.807, 2.05) is 0 Å². The summed E-state index contributed by atoms with van der Waals surface area (Å²) < 4.78 is 16.9. The van der Waals surface area contributed by atoms with Gasteiger partial charge in [-0.3, -0.25) is 19.2 Å². The monoisotopic (exact) mass is 456 g/mol. The highest BCUT2D eigenvalue weighted by atomic mass is 16.6. The summed E-state index contributed by atoms with van der Waals surface area (Å²) in [5.41, 5.74) is -5.27. The normalized spacial score (nSPS) is 45.0. The van der Waals surface area contributed by atoms with Gasteiger partial charge in [0.25, 0.3) is 0 Å². The molecular weight excluding hydrogens is 428 g/mol. The molecule has 0 unspecified atom stereocenters. The molecule has 0 aromatic heterocycles. The molecule has 6 atom stereocenters. The minimum atomic E-state index is -1.93. The zero-order chi connectivity index (χ0) is 24.5. The van der Waals surface area contributed by atoms with Crippen molar-refractivity contribution in [3.63, 3.8) is 0 Å². The van der Waals surface area contributed by atoms with E-state index in [0.717, 1.165) is 0 Å². The number of hydrogen-bond acceptors (Lipinski definition) is 8. The molecule has 2 aliphatic heterocycles. The first-order valence-electron chi connectivity index (χ1n) is 11.1. The summed E-state index contributed by atoms with van der Waals surface area (Å²) in [5.74, 6) is -2.37. The first kappa shape index (κ1) is 22.1. The molecule has 1 saturated carbocycles. The van der Waals surface area contributed by atoms with Gasteiger partial charge in [0.05, 0.1) is 17.9 Å². The van der Waals surface area contributed by atoms with E-state index in [2.05, 4.69) is 6.58 Å². The molecule has 3 aliphatic carbocycles. The second-order valence-corrected chi connectivity index (χ2v) is 10.8. The second-order valence-electron chi connectivity index (χ2n) is 10.8. The van der Waals surface area contributed by atoms with Crippen LogP contribution in [0.5, 0.6) is 0 Å². The van der Waals surface area contributed by atoms with Crippen molar-refractivity contribution in [3.8, 4) is 0 Å². The lowest BCUT2D eigenvalue weighted by Crippen LogP contribution is -2.64. The van der Waals surface area contributed by atoms with Gasteiger partial charge in [0.2, 0.25) is 5.60 Å². The van der Waals surface area contributed by atoms with E-state index in [1.54, 1.807) is 40.7 Å². The second kappa shape index (κ2) is 5.84. The van der Waals surface area contributed by atoms with Gasteiger partial charge in [-0.15, -0.1) is 0 Å². The Hall–Kier alpha value is -2.74. The lowest BCUT2D eigenvalue weighted by molar-refractivity contribution is -0.183. The van der Waals surface area contributed by atoms with E-state index in [1.165, 1.54) is 6.92 Å². The minimum absolute atomic E-state index is 0.0336. The molecule has 5 aliphatic rings. The molecule has 8 heteroatoms. The Morgan fingerprint density at radius 2 is 1.85 bits per heavy atom. The van der Waals surface area contributed by atoms with E-state index in [-0.39, 0.29) is 18.4 Å². The van der Waals surface area contributed by atoms with Crippen LogP contribution < -0.4 is 0 Å². The first-order chi connectivity index (χ1) is 15.1. The first-order valence-corrected chi connectivity index (χ1v) is 11.1. The summed E-state index contributed by atoms with van der Waals surface area (Å²) in [6.45, 7) is 13.8. The molecule has 2 bridgehead atoms. The summed E-state index contributed by atoms with van der Waals surface area (Å²) in [6, 6.07) is 0. The van der Waals surface area contributed by atoms with Gasteiger partial charge in [-0.1, -0.05) is 19.6 Å². The number of aliphatic hydroxyl groups is 1. The molecule has 2 heterocycles. The van der Waals surface area contributed by atoms with E-state index in [4.69, 9.17) is 14.2 Å². The van der Waals surface area contributed by atoms with Crippen molar-refractivity contribution in [2.75, 3.05) is 0 Å². The summed E-state index contributed by atoms with van der Waals surface area (Å²) in [7, 11) is 0. The molecule has 176 valence electrons. The number of allylic oxidation sites excluding steroid dienone is 2. The van der Waals surface area contributed by atoms with Crippen LogP contribution >= 0.6 is 0 Å². The number of Topliss-reactive ketones (excluding diaryl/α,β-unsaturated/α-hetero) is 1. The molecule has 0 amide bonds. The molecule has 2 fully saturated rings. The van der Waals surface area contributed by atoms with Crippen LogP contribution in [0.15, 0.2) is 34.9 Å². The number of rotatable bonds is 1. The van der Waals surface area contributed by atoms with Crippen LogP contribution in [0.3, 0.4) is 0 Å². The van der Waals surface area contributed by atoms with Crippen LogP contribution in [0.25, 0.3) is 0 Å². The molecule has 0 aromatic carbocycles. The Kier molecular flexibility index (Phi) is 3.91. The summed E-state index contributed by atoms with van der Waals surface area (Å²) >= 11 is 0. The number of ether oxygens (including phenoxy) is 3. The summed E-state index contributed by atoms with van der Waals surface area (Å²) in [5, 5.41) is 11.4. The SMILES string of the molecule is C=C1[C@]2(C)C=C3C4=C([C@H](O)C[C@]3(C)[C@]13C(=O)O[C@@H](C)[C@@]3(OC(C)=O)C2=O)C(C)(C)OC(=O)C4. The number of cyclic esters (lactones) is 2. The van der Waals surface area contributed by atoms with Crippen molar-refractivity contribution >= 4 is 23.7 Å². The summed E-state index contributed by atoms with van der Waals surface area (Å²) in [4.78, 5) is 52.8. The topological polar surface area (TPSA) is 116 Å². The molecule has 0 radical (unpaired) electrons. The number of fused-ring (bicyclic) bond motifs is 3. The Morgan fingerprint density at radius 3 is 2.45 bits per heavy atom. The molecule has 0 aromatic rings. The van der Waals surface area contributed by atoms with Crippen LogP contribution in [0.1, 0.15) is 54.4 Å². The lowest BCUT2D eigenvalue weighted by atomic mass is 9.45. The van der Waals surface area contributed by atoms with Gasteiger partial charge >= 0.3 is 17.9 Å². The third kappa shape index (κ3) is 2.04. The average Bonchev–Trinajstić information content (AvgIpc) is 2.93. The average molecular weight is 456 g/mol. The molecule has 1 N–H and O–H groups in total. The molecule has 1 spiro atoms. The fraction of sp³-hybridized carbons (Fsp3) is 0.600. The van der Waals surface area contributed by atoms with Gasteiger partial charge in [-0.25, -0.2) is 0 Å². The van der Waals surface area contributed by atoms with Crippen LogP contribution in [0.4, 0.5) is 0 Å². The van der Waals surface area contributed by atoms with Crippen LogP contribution in [-0.4, -0.2) is 52.2 Å². The van der Waals surface area contributed by atoms with Gasteiger partial charge in [-0.05, 0) is 50.8 Å². The maximum Gasteiger partial charge on any atom is 0.322 e. The van der Waals surface area contributed by atoms with Crippen LogP contribution in [-0.2, 0) is 33.4 Å². The van der Waals surface area contributed by atoms with E-state index in [0.29, 0.717) is 16.7 Å². The van der Waals surface area contributed by atoms with Crippen molar-refractivity contribution in [3.05, 3.63) is 34.9 Å². The van der Waals surface area contributed by atoms with Crippen molar-refractivity contribution < 1.29 is 38.5 Å². The Morgan fingerprint density at radius 1 is 1.21 bits per heavy atom. The number of carbonyl (C=O) groups is 4. The Balaban J connectivity index is 1.91. The standard InChI is InChI=1S/C25H28O8/c1-11-22(6)9-15-14-8-17(28)33-21(4,5)18(14)16(27)10-23(15,7)24(11)20(30)31-12(2)25(24,19(22)29)32-13(3)26/h9,12,16,27H,1,8,10H2,2-7H3/t12-,16+,22-,23-,24+,25+/m0/s1. The highest BCUT2D eigenvalue weighted by Gasteiger charge is 2.89. The molecule has 5 rings (SSSR count). The van der Waals surface area contributed by atoms with E-state index >= 15 is 0 Å². The minimum Gasteiger partial charge on any atom is -0.457 e. The lowest BCUT2D eigenvalue weighted by Gasteiger charge is -2.56. The van der Waals surface area contributed by atoms with Gasteiger partial charge in [0, 0.05) is 17.9 Å². The quantitative estimate of drug-likeness (QED) is 0.362. The van der Waals surface area contributed by atoms with Gasteiger partial charge in [0.15, 0.2) is 5.78 Å². The zero-order valence-corrected chi connectivity index (χ0v) is 19.7. The predicted molar refractivity (Wildman–Crippen MR) is 113 cm³/mol. The highest BCUT2D eigenvalue weighted by molar-refractivity contribution is 6.13.